The van der Waals surface area contributed by atoms with E-state index in [0.717, 1.165) is 29.9 Å². The van der Waals surface area contributed by atoms with E-state index in [9.17, 15) is 4.79 Å². The number of ketones is 1. The highest BCUT2D eigenvalue weighted by Crippen LogP contribution is 2.19. The third kappa shape index (κ3) is 3.10. The number of carbonyl (C=O) groups excluding carboxylic acids is 1. The number of hydrogen-bond acceptors (Lipinski definition) is 2. The average Bonchev–Trinajstić information content (AvgIpc) is 2.96. The molecule has 19 heavy (non-hydrogen) atoms. The standard InChI is InChI=1S/C15H18ClNOS/c1-10-8-14(15(18)11(2)16)12(3)17(10)6-4-13-5-7-19-9-13/h5,7-9,11H,4,6H2,1-3H3. The van der Waals surface area contributed by atoms with Crippen LogP contribution in [-0.4, -0.2) is 15.7 Å². The molecule has 0 spiro atoms. The van der Waals surface area contributed by atoms with E-state index in [-0.39, 0.29) is 5.78 Å². The van der Waals surface area contributed by atoms with E-state index in [1.807, 2.05) is 19.9 Å². The first-order valence-corrected chi connectivity index (χ1v) is 7.74. The van der Waals surface area contributed by atoms with Gasteiger partial charge in [-0.3, -0.25) is 4.79 Å². The monoisotopic (exact) mass is 295 g/mol. The average molecular weight is 296 g/mol. The van der Waals surface area contributed by atoms with Gasteiger partial charge in [-0.1, -0.05) is 0 Å². The number of aryl methyl sites for hydroxylation is 2. The van der Waals surface area contributed by atoms with E-state index in [0.29, 0.717) is 0 Å². The Balaban J connectivity index is 2.19. The fourth-order valence-electron chi connectivity index (χ4n) is 2.28. The Morgan fingerprint density at radius 1 is 1.47 bits per heavy atom. The van der Waals surface area contributed by atoms with E-state index in [2.05, 4.69) is 21.4 Å². The molecule has 0 saturated heterocycles. The lowest BCUT2D eigenvalue weighted by molar-refractivity contribution is 0.0991. The highest BCUT2D eigenvalue weighted by molar-refractivity contribution is 7.07. The number of Topliss-reactive ketones (excluding diaryl/α,β-unsaturated/α-hetero) is 1. The predicted octanol–water partition coefficient (Wildman–Crippen LogP) is 4.22. The second-order valence-electron chi connectivity index (χ2n) is 4.80. The van der Waals surface area contributed by atoms with E-state index < -0.39 is 5.38 Å². The molecule has 0 aliphatic rings. The molecular weight excluding hydrogens is 278 g/mol. The normalized spacial score (nSPS) is 12.6. The molecule has 102 valence electrons. The fourth-order valence-corrected chi connectivity index (χ4v) is 3.11. The Morgan fingerprint density at radius 3 is 2.79 bits per heavy atom. The van der Waals surface area contributed by atoms with Gasteiger partial charge in [-0.15, -0.1) is 11.6 Å². The summed E-state index contributed by atoms with van der Waals surface area (Å²) in [6, 6.07) is 4.09. The Bertz CT molecular complexity index is 569. The summed E-state index contributed by atoms with van der Waals surface area (Å²) in [6.45, 7) is 6.66. The molecule has 0 N–H and O–H groups in total. The largest absolute Gasteiger partial charge is 0.348 e. The number of rotatable bonds is 5. The molecular formula is C15H18ClNOS. The number of hydrogen-bond donors (Lipinski definition) is 0. The number of thiophene rings is 1. The van der Waals surface area contributed by atoms with E-state index in [1.165, 1.54) is 5.56 Å². The maximum atomic E-state index is 12.0. The van der Waals surface area contributed by atoms with Gasteiger partial charge in [0.1, 0.15) is 0 Å². The molecule has 1 atom stereocenters. The van der Waals surface area contributed by atoms with Crippen molar-refractivity contribution >= 4 is 28.7 Å². The summed E-state index contributed by atoms with van der Waals surface area (Å²) in [4.78, 5) is 12.0. The van der Waals surface area contributed by atoms with Crippen LogP contribution in [0.25, 0.3) is 0 Å². The second-order valence-corrected chi connectivity index (χ2v) is 6.23. The maximum Gasteiger partial charge on any atom is 0.182 e. The zero-order valence-electron chi connectivity index (χ0n) is 11.4. The molecule has 0 aliphatic carbocycles. The summed E-state index contributed by atoms with van der Waals surface area (Å²) in [5, 5.41) is 3.79. The first kappa shape index (κ1) is 14.4. The third-order valence-corrected chi connectivity index (χ3v) is 4.33. The lowest BCUT2D eigenvalue weighted by atomic mass is 10.1. The molecule has 4 heteroatoms. The van der Waals surface area contributed by atoms with Gasteiger partial charge in [0, 0.05) is 23.5 Å². The summed E-state index contributed by atoms with van der Waals surface area (Å²) >= 11 is 7.61. The van der Waals surface area contributed by atoms with Gasteiger partial charge in [0.05, 0.1) is 5.38 Å². The summed E-state index contributed by atoms with van der Waals surface area (Å²) in [5.41, 5.74) is 4.24. The van der Waals surface area contributed by atoms with E-state index in [1.54, 1.807) is 18.3 Å². The van der Waals surface area contributed by atoms with Crippen molar-refractivity contribution in [3.63, 3.8) is 0 Å². The van der Waals surface area contributed by atoms with Crippen LogP contribution < -0.4 is 0 Å². The van der Waals surface area contributed by atoms with Gasteiger partial charge in [-0.2, -0.15) is 11.3 Å². The highest BCUT2D eigenvalue weighted by Gasteiger charge is 2.19. The van der Waals surface area contributed by atoms with Crippen molar-refractivity contribution in [1.29, 1.82) is 0 Å². The van der Waals surface area contributed by atoms with Crippen molar-refractivity contribution in [2.45, 2.75) is 39.1 Å². The number of carbonyl (C=O) groups is 1. The molecule has 0 bridgehead atoms. The Labute approximate surface area is 123 Å². The van der Waals surface area contributed by atoms with Gasteiger partial charge in [0.2, 0.25) is 0 Å². The van der Waals surface area contributed by atoms with Crippen LogP contribution in [0.1, 0.15) is 34.2 Å². The SMILES string of the molecule is Cc1cc(C(=O)C(C)Cl)c(C)n1CCc1ccsc1. The number of aromatic nitrogens is 1. The van der Waals surface area contributed by atoms with Gasteiger partial charge in [-0.05, 0) is 55.6 Å². The summed E-state index contributed by atoms with van der Waals surface area (Å²) in [6.07, 6.45) is 0.990. The van der Waals surface area contributed by atoms with Crippen LogP contribution in [0.4, 0.5) is 0 Å². The minimum atomic E-state index is -0.467. The maximum absolute atomic E-state index is 12.0. The summed E-state index contributed by atoms with van der Waals surface area (Å²) < 4.78 is 2.20. The summed E-state index contributed by atoms with van der Waals surface area (Å²) in [7, 11) is 0. The molecule has 0 aliphatic heterocycles. The zero-order valence-corrected chi connectivity index (χ0v) is 13.0. The van der Waals surface area contributed by atoms with Crippen LogP contribution in [0, 0.1) is 13.8 Å². The molecule has 2 rings (SSSR count). The lowest BCUT2D eigenvalue weighted by Crippen LogP contribution is -2.12. The molecule has 2 heterocycles. The predicted molar refractivity (Wildman–Crippen MR) is 81.6 cm³/mol. The minimum Gasteiger partial charge on any atom is -0.348 e. The smallest absolute Gasteiger partial charge is 0.182 e. The molecule has 0 aromatic carbocycles. The third-order valence-electron chi connectivity index (χ3n) is 3.40. The van der Waals surface area contributed by atoms with Crippen LogP contribution in [0.2, 0.25) is 0 Å². The van der Waals surface area contributed by atoms with Crippen LogP contribution in [-0.2, 0) is 13.0 Å². The van der Waals surface area contributed by atoms with Crippen molar-refractivity contribution < 1.29 is 4.79 Å². The molecule has 1 unspecified atom stereocenters. The van der Waals surface area contributed by atoms with Gasteiger partial charge in [0.25, 0.3) is 0 Å². The molecule has 0 amide bonds. The van der Waals surface area contributed by atoms with Gasteiger partial charge < -0.3 is 4.57 Å². The Kier molecular flexibility index (Phi) is 4.48. The minimum absolute atomic E-state index is 0.0107. The van der Waals surface area contributed by atoms with Crippen LogP contribution in [0.15, 0.2) is 22.9 Å². The highest BCUT2D eigenvalue weighted by atomic mass is 35.5. The molecule has 0 saturated carbocycles. The van der Waals surface area contributed by atoms with Crippen molar-refractivity contribution in [2.24, 2.45) is 0 Å². The van der Waals surface area contributed by atoms with Crippen molar-refractivity contribution in [3.8, 4) is 0 Å². The van der Waals surface area contributed by atoms with Crippen LogP contribution >= 0.6 is 22.9 Å². The molecule has 0 radical (unpaired) electrons. The molecule has 2 aromatic rings. The lowest BCUT2D eigenvalue weighted by Gasteiger charge is -2.09. The van der Waals surface area contributed by atoms with Crippen molar-refractivity contribution in [2.75, 3.05) is 0 Å². The number of alkyl halides is 1. The molecule has 2 nitrogen and oxygen atoms in total. The second kappa shape index (κ2) is 5.93. The van der Waals surface area contributed by atoms with Crippen molar-refractivity contribution in [3.05, 3.63) is 45.4 Å². The van der Waals surface area contributed by atoms with Crippen LogP contribution in [0.5, 0.6) is 0 Å². The quantitative estimate of drug-likeness (QED) is 0.598. The zero-order chi connectivity index (χ0) is 14.0. The Morgan fingerprint density at radius 2 is 2.21 bits per heavy atom. The van der Waals surface area contributed by atoms with Gasteiger partial charge >= 0.3 is 0 Å². The summed E-state index contributed by atoms with van der Waals surface area (Å²) in [5.74, 6) is 0.0107. The first-order chi connectivity index (χ1) is 9.00. The van der Waals surface area contributed by atoms with Crippen LogP contribution in [0.3, 0.4) is 0 Å². The van der Waals surface area contributed by atoms with Gasteiger partial charge in [0.15, 0.2) is 5.78 Å². The first-order valence-electron chi connectivity index (χ1n) is 6.36. The van der Waals surface area contributed by atoms with Crippen molar-refractivity contribution in [1.82, 2.24) is 4.57 Å². The number of nitrogens with zero attached hydrogens (tertiary/aromatic N) is 1. The Hall–Kier alpha value is -1.06. The molecule has 0 fully saturated rings. The van der Waals surface area contributed by atoms with E-state index in [4.69, 9.17) is 11.6 Å². The fraction of sp³-hybridized carbons (Fsp3) is 0.400. The van der Waals surface area contributed by atoms with Gasteiger partial charge in [-0.25, -0.2) is 0 Å². The topological polar surface area (TPSA) is 22.0 Å². The molecule has 2 aromatic heterocycles. The number of halogens is 1. The van der Waals surface area contributed by atoms with E-state index >= 15 is 0 Å².